The topological polar surface area (TPSA) is 49.7 Å². The lowest BCUT2D eigenvalue weighted by atomic mass is 10.0. The lowest BCUT2D eigenvalue weighted by molar-refractivity contribution is 0.473. The number of hydrogen-bond acceptors (Lipinski definition) is 3. The van der Waals surface area contributed by atoms with Crippen LogP contribution in [0.1, 0.15) is 24.1 Å². The molecule has 0 fully saturated rings. The van der Waals surface area contributed by atoms with E-state index in [0.717, 1.165) is 11.1 Å². The molecule has 1 aromatic carbocycles. The van der Waals surface area contributed by atoms with Gasteiger partial charge in [0.1, 0.15) is 11.8 Å². The fraction of sp³-hybridized carbons (Fsp3) is 0.333. The first-order valence-corrected chi connectivity index (χ1v) is 3.77. The Morgan fingerprint density at radius 1 is 1.50 bits per heavy atom. The van der Waals surface area contributed by atoms with Crippen LogP contribution in [-0.2, 0) is 0 Å². The minimum Gasteiger partial charge on any atom is -0.508 e. The zero-order valence-electron chi connectivity index (χ0n) is 7.11. The van der Waals surface area contributed by atoms with Crippen molar-refractivity contribution in [3.8, 4) is 5.75 Å². The van der Waals surface area contributed by atoms with E-state index in [-0.39, 0.29) is 5.75 Å². The summed E-state index contributed by atoms with van der Waals surface area (Å²) in [7, 11) is 0. The van der Waals surface area contributed by atoms with Gasteiger partial charge in [-0.3, -0.25) is 0 Å². The van der Waals surface area contributed by atoms with Crippen molar-refractivity contribution >= 4 is 0 Å². The van der Waals surface area contributed by atoms with Crippen molar-refractivity contribution in [1.29, 1.82) is 0 Å². The molecular weight excluding hydrogens is 154 g/mol. The second kappa shape index (κ2) is 3.34. The van der Waals surface area contributed by atoms with E-state index in [1.54, 1.807) is 25.1 Å². The Morgan fingerprint density at radius 2 is 2.17 bits per heavy atom. The summed E-state index contributed by atoms with van der Waals surface area (Å²) in [4.78, 5) is 10.2. The molecule has 0 aliphatic carbocycles. The van der Waals surface area contributed by atoms with Crippen LogP contribution in [0.4, 0.5) is 0 Å². The molecule has 0 aliphatic rings. The number of nitroso groups, excluding NO2 is 1. The third-order valence-corrected chi connectivity index (χ3v) is 1.87. The second-order valence-electron chi connectivity index (χ2n) is 2.82. The second-order valence-corrected chi connectivity index (χ2v) is 2.82. The van der Waals surface area contributed by atoms with Crippen LogP contribution in [0, 0.1) is 11.8 Å². The highest BCUT2D eigenvalue weighted by atomic mass is 16.3. The maximum absolute atomic E-state index is 10.2. The standard InChI is InChI=1S/C9H11NO2/c1-6-3-4-8(11)5-9(6)7(2)10-12/h3-5,7,11H,1-2H3. The maximum Gasteiger partial charge on any atom is 0.115 e. The lowest BCUT2D eigenvalue weighted by Gasteiger charge is -2.06. The Kier molecular flexibility index (Phi) is 2.43. The molecule has 1 rings (SSSR count). The summed E-state index contributed by atoms with van der Waals surface area (Å²) in [6.45, 7) is 3.59. The first kappa shape index (κ1) is 8.71. The van der Waals surface area contributed by atoms with Gasteiger partial charge in [0.25, 0.3) is 0 Å². The summed E-state index contributed by atoms with van der Waals surface area (Å²) in [5.41, 5.74) is 1.75. The SMILES string of the molecule is Cc1ccc(O)cc1C(C)N=O. The number of aryl methyl sites for hydroxylation is 1. The summed E-state index contributed by atoms with van der Waals surface area (Å²) >= 11 is 0. The van der Waals surface area contributed by atoms with E-state index >= 15 is 0 Å². The normalized spacial score (nSPS) is 12.5. The van der Waals surface area contributed by atoms with Gasteiger partial charge in [-0.25, -0.2) is 0 Å². The Morgan fingerprint density at radius 3 is 2.75 bits per heavy atom. The Bertz CT molecular complexity index is 297. The molecule has 0 saturated heterocycles. The molecule has 12 heavy (non-hydrogen) atoms. The molecule has 0 heterocycles. The summed E-state index contributed by atoms with van der Waals surface area (Å²) in [5.74, 6) is 0.172. The van der Waals surface area contributed by atoms with Gasteiger partial charge in [0.15, 0.2) is 0 Å². The monoisotopic (exact) mass is 165 g/mol. The predicted octanol–water partition coefficient (Wildman–Crippen LogP) is 2.53. The zero-order chi connectivity index (χ0) is 9.14. The van der Waals surface area contributed by atoms with Crippen molar-refractivity contribution in [2.24, 2.45) is 5.18 Å². The van der Waals surface area contributed by atoms with Gasteiger partial charge in [0, 0.05) is 0 Å². The molecule has 0 amide bonds. The smallest absolute Gasteiger partial charge is 0.115 e. The molecule has 1 atom stereocenters. The number of aromatic hydroxyl groups is 1. The highest BCUT2D eigenvalue weighted by molar-refractivity contribution is 5.35. The van der Waals surface area contributed by atoms with E-state index in [4.69, 9.17) is 5.11 Å². The minimum absolute atomic E-state index is 0.172. The Balaban J connectivity index is 3.12. The van der Waals surface area contributed by atoms with Gasteiger partial charge in [0.2, 0.25) is 0 Å². The Hall–Kier alpha value is -1.38. The number of nitrogens with zero attached hydrogens (tertiary/aromatic N) is 1. The molecule has 0 spiro atoms. The van der Waals surface area contributed by atoms with E-state index < -0.39 is 6.04 Å². The van der Waals surface area contributed by atoms with Crippen LogP contribution in [0.25, 0.3) is 0 Å². The summed E-state index contributed by atoms with van der Waals surface area (Å²) in [5, 5.41) is 12.0. The molecule has 0 saturated carbocycles. The van der Waals surface area contributed by atoms with E-state index in [2.05, 4.69) is 5.18 Å². The quantitative estimate of drug-likeness (QED) is 0.684. The van der Waals surface area contributed by atoms with E-state index in [9.17, 15) is 4.91 Å². The van der Waals surface area contributed by atoms with Gasteiger partial charge >= 0.3 is 0 Å². The van der Waals surface area contributed by atoms with Gasteiger partial charge in [-0.1, -0.05) is 11.2 Å². The fourth-order valence-electron chi connectivity index (χ4n) is 1.13. The maximum atomic E-state index is 10.2. The van der Waals surface area contributed by atoms with Crippen molar-refractivity contribution in [2.45, 2.75) is 19.9 Å². The van der Waals surface area contributed by atoms with Crippen molar-refractivity contribution < 1.29 is 5.11 Å². The number of hydrogen-bond donors (Lipinski definition) is 1. The Labute approximate surface area is 71.0 Å². The molecule has 1 N–H and O–H groups in total. The molecule has 0 aromatic heterocycles. The number of benzene rings is 1. The molecule has 0 bridgehead atoms. The number of phenols is 1. The first-order valence-electron chi connectivity index (χ1n) is 3.77. The number of phenolic OH excluding ortho intramolecular Hbond substituents is 1. The van der Waals surface area contributed by atoms with Crippen molar-refractivity contribution in [2.75, 3.05) is 0 Å². The average Bonchev–Trinajstić information content (AvgIpc) is 2.08. The van der Waals surface area contributed by atoms with Crippen molar-refractivity contribution in [1.82, 2.24) is 0 Å². The van der Waals surface area contributed by atoms with Crippen molar-refractivity contribution in [3.05, 3.63) is 34.2 Å². The average molecular weight is 165 g/mol. The molecule has 0 radical (unpaired) electrons. The summed E-state index contributed by atoms with van der Waals surface area (Å²) in [6.07, 6.45) is 0. The molecular formula is C9H11NO2. The molecule has 1 aromatic rings. The summed E-state index contributed by atoms with van der Waals surface area (Å²) in [6, 6.07) is 4.54. The van der Waals surface area contributed by atoms with Crippen LogP contribution in [0.3, 0.4) is 0 Å². The van der Waals surface area contributed by atoms with Crippen LogP contribution in [0.15, 0.2) is 23.4 Å². The van der Waals surface area contributed by atoms with E-state index in [0.29, 0.717) is 0 Å². The van der Waals surface area contributed by atoms with Gasteiger partial charge in [-0.2, -0.15) is 4.91 Å². The molecule has 3 heteroatoms. The zero-order valence-corrected chi connectivity index (χ0v) is 7.11. The molecule has 0 aliphatic heterocycles. The van der Waals surface area contributed by atoms with Gasteiger partial charge in [-0.05, 0) is 37.1 Å². The molecule has 64 valence electrons. The van der Waals surface area contributed by atoms with Crippen LogP contribution in [0.5, 0.6) is 5.75 Å². The third kappa shape index (κ3) is 1.61. The van der Waals surface area contributed by atoms with Crippen LogP contribution in [0.2, 0.25) is 0 Å². The molecule has 3 nitrogen and oxygen atoms in total. The van der Waals surface area contributed by atoms with Crippen LogP contribution >= 0.6 is 0 Å². The highest BCUT2D eigenvalue weighted by Crippen LogP contribution is 2.24. The predicted molar refractivity (Wildman–Crippen MR) is 47.1 cm³/mol. The van der Waals surface area contributed by atoms with E-state index in [1.165, 1.54) is 0 Å². The van der Waals surface area contributed by atoms with Crippen LogP contribution in [-0.4, -0.2) is 5.11 Å². The largest absolute Gasteiger partial charge is 0.508 e. The highest BCUT2D eigenvalue weighted by Gasteiger charge is 2.08. The fourth-order valence-corrected chi connectivity index (χ4v) is 1.13. The van der Waals surface area contributed by atoms with Crippen LogP contribution < -0.4 is 0 Å². The minimum atomic E-state index is -0.392. The van der Waals surface area contributed by atoms with Gasteiger partial charge in [-0.15, -0.1) is 0 Å². The first-order chi connectivity index (χ1) is 5.65. The third-order valence-electron chi connectivity index (χ3n) is 1.87. The number of rotatable bonds is 2. The lowest BCUT2D eigenvalue weighted by Crippen LogP contribution is -1.91. The van der Waals surface area contributed by atoms with Gasteiger partial charge in [0.05, 0.1) is 0 Å². The summed E-state index contributed by atoms with van der Waals surface area (Å²) < 4.78 is 0. The van der Waals surface area contributed by atoms with Crippen molar-refractivity contribution in [3.63, 3.8) is 0 Å². The van der Waals surface area contributed by atoms with E-state index in [1.807, 2.05) is 6.92 Å². The van der Waals surface area contributed by atoms with Gasteiger partial charge < -0.3 is 5.11 Å². The molecule has 1 unspecified atom stereocenters.